The molecule has 90 valence electrons. The van der Waals surface area contributed by atoms with E-state index in [4.69, 9.17) is 0 Å². The molecule has 2 aromatic rings. The number of carboxylic acid groups (broad SMARTS) is 1. The number of aromatic amines is 1. The number of para-hydroxylation sites is 1. The van der Waals surface area contributed by atoms with Gasteiger partial charge in [-0.1, -0.05) is 38.5 Å². The van der Waals surface area contributed by atoms with Crippen molar-refractivity contribution in [2.75, 3.05) is 0 Å². The Morgan fingerprint density at radius 1 is 1.41 bits per heavy atom. The van der Waals surface area contributed by atoms with E-state index in [2.05, 4.69) is 4.98 Å². The molecule has 1 aromatic heterocycles. The maximum absolute atomic E-state index is 11.4. The van der Waals surface area contributed by atoms with Gasteiger partial charge in [0.05, 0.1) is 5.92 Å². The van der Waals surface area contributed by atoms with Crippen LogP contribution in [0.15, 0.2) is 30.3 Å². The van der Waals surface area contributed by atoms with Gasteiger partial charge in [-0.15, -0.1) is 0 Å². The summed E-state index contributed by atoms with van der Waals surface area (Å²) in [5, 5.41) is 10.4. The summed E-state index contributed by atoms with van der Waals surface area (Å²) in [5.74, 6) is -1.08. The van der Waals surface area contributed by atoms with Gasteiger partial charge in [-0.2, -0.15) is 0 Å². The van der Waals surface area contributed by atoms with E-state index < -0.39 is 11.9 Å². The minimum atomic E-state index is -0.758. The molecule has 0 radical (unpaired) electrons. The van der Waals surface area contributed by atoms with Crippen LogP contribution >= 0.6 is 0 Å². The van der Waals surface area contributed by atoms with Crippen molar-refractivity contribution in [1.29, 1.82) is 0 Å². The number of aliphatic carboxylic acids is 1. The Morgan fingerprint density at radius 3 is 2.71 bits per heavy atom. The third kappa shape index (κ3) is 2.18. The fourth-order valence-corrected chi connectivity index (χ4v) is 2.18. The van der Waals surface area contributed by atoms with Gasteiger partial charge in [-0.05, 0) is 23.4 Å². The molecule has 2 rings (SSSR count). The Bertz CT molecular complexity index is 497. The molecule has 0 spiro atoms. The van der Waals surface area contributed by atoms with Crippen LogP contribution in [0.5, 0.6) is 0 Å². The van der Waals surface area contributed by atoms with Crippen molar-refractivity contribution in [2.24, 2.45) is 5.92 Å². The lowest BCUT2D eigenvalue weighted by Crippen LogP contribution is -2.19. The number of benzene rings is 1. The zero-order valence-electron chi connectivity index (χ0n) is 10.1. The molecular formula is C14H17NO2. The first-order valence-electron chi connectivity index (χ1n) is 5.94. The smallest absolute Gasteiger partial charge is 0.312 e. The molecule has 0 aliphatic carbocycles. The third-order valence-corrected chi connectivity index (χ3v) is 3.36. The van der Waals surface area contributed by atoms with Crippen molar-refractivity contribution in [3.8, 4) is 0 Å². The molecule has 2 unspecified atom stereocenters. The van der Waals surface area contributed by atoms with Crippen LogP contribution in [0.1, 0.15) is 31.9 Å². The second-order valence-electron chi connectivity index (χ2n) is 4.51. The molecule has 0 amide bonds. The number of rotatable bonds is 4. The predicted molar refractivity (Wildman–Crippen MR) is 68.1 cm³/mol. The SMILES string of the molecule is CCC(C)C(C(=O)O)c1cc2ccccc2[nH]1. The Hall–Kier alpha value is -1.77. The minimum absolute atomic E-state index is 0.126. The zero-order valence-corrected chi connectivity index (χ0v) is 10.1. The Labute approximate surface area is 100 Å². The maximum Gasteiger partial charge on any atom is 0.312 e. The van der Waals surface area contributed by atoms with E-state index in [0.717, 1.165) is 23.0 Å². The lowest BCUT2D eigenvalue weighted by atomic mass is 9.89. The number of fused-ring (bicyclic) bond motifs is 1. The first-order valence-corrected chi connectivity index (χ1v) is 5.94. The quantitative estimate of drug-likeness (QED) is 0.847. The standard InChI is InChI=1S/C14H17NO2/c1-3-9(2)13(14(16)17)12-8-10-6-4-5-7-11(10)15-12/h4-9,13,15H,3H2,1-2H3,(H,16,17). The highest BCUT2D eigenvalue weighted by molar-refractivity contribution is 5.84. The average molecular weight is 231 g/mol. The second kappa shape index (κ2) is 4.62. The van der Waals surface area contributed by atoms with E-state index in [9.17, 15) is 9.90 Å². The summed E-state index contributed by atoms with van der Waals surface area (Å²) in [7, 11) is 0. The van der Waals surface area contributed by atoms with Gasteiger partial charge in [0.1, 0.15) is 0 Å². The monoisotopic (exact) mass is 231 g/mol. The number of H-pyrrole nitrogens is 1. The van der Waals surface area contributed by atoms with E-state index >= 15 is 0 Å². The Morgan fingerprint density at radius 2 is 2.12 bits per heavy atom. The Kier molecular flexibility index (Phi) is 3.18. The number of aromatic nitrogens is 1. The van der Waals surface area contributed by atoms with Gasteiger partial charge in [-0.25, -0.2) is 0 Å². The van der Waals surface area contributed by atoms with Crippen LogP contribution in [0.4, 0.5) is 0 Å². The first kappa shape index (κ1) is 11.7. The molecule has 0 saturated heterocycles. The molecule has 0 aliphatic rings. The highest BCUT2D eigenvalue weighted by Gasteiger charge is 2.26. The lowest BCUT2D eigenvalue weighted by molar-refractivity contribution is -0.140. The van der Waals surface area contributed by atoms with Crippen LogP contribution in [0.3, 0.4) is 0 Å². The molecule has 2 atom stereocenters. The van der Waals surface area contributed by atoms with Crippen molar-refractivity contribution in [3.05, 3.63) is 36.0 Å². The topological polar surface area (TPSA) is 53.1 Å². The summed E-state index contributed by atoms with van der Waals surface area (Å²) >= 11 is 0. The third-order valence-electron chi connectivity index (χ3n) is 3.36. The van der Waals surface area contributed by atoms with Crippen molar-refractivity contribution in [3.63, 3.8) is 0 Å². The van der Waals surface area contributed by atoms with Gasteiger partial charge in [0.2, 0.25) is 0 Å². The maximum atomic E-state index is 11.4. The molecule has 0 fully saturated rings. The van der Waals surface area contributed by atoms with Gasteiger partial charge in [0.25, 0.3) is 0 Å². The molecule has 0 saturated carbocycles. The summed E-state index contributed by atoms with van der Waals surface area (Å²) in [5.41, 5.74) is 1.80. The predicted octanol–water partition coefficient (Wildman–Crippen LogP) is 3.38. The molecule has 2 N–H and O–H groups in total. The van der Waals surface area contributed by atoms with Gasteiger partial charge in [0, 0.05) is 11.2 Å². The fourth-order valence-electron chi connectivity index (χ4n) is 2.18. The summed E-state index contributed by atoms with van der Waals surface area (Å²) in [6.07, 6.45) is 0.854. The zero-order chi connectivity index (χ0) is 12.4. The van der Waals surface area contributed by atoms with Crippen LogP contribution in [-0.2, 0) is 4.79 Å². The van der Waals surface area contributed by atoms with E-state index in [1.807, 2.05) is 44.2 Å². The number of hydrogen-bond acceptors (Lipinski definition) is 1. The molecular weight excluding hydrogens is 214 g/mol. The van der Waals surface area contributed by atoms with Crippen LogP contribution in [0.2, 0.25) is 0 Å². The van der Waals surface area contributed by atoms with Crippen LogP contribution in [0.25, 0.3) is 10.9 Å². The molecule has 1 aromatic carbocycles. The molecule has 17 heavy (non-hydrogen) atoms. The van der Waals surface area contributed by atoms with Crippen molar-refractivity contribution < 1.29 is 9.90 Å². The molecule has 0 aliphatic heterocycles. The van der Waals surface area contributed by atoms with Gasteiger partial charge in [0.15, 0.2) is 0 Å². The van der Waals surface area contributed by atoms with Crippen LogP contribution in [-0.4, -0.2) is 16.1 Å². The second-order valence-corrected chi connectivity index (χ2v) is 4.51. The summed E-state index contributed by atoms with van der Waals surface area (Å²) in [6, 6.07) is 9.81. The summed E-state index contributed by atoms with van der Waals surface area (Å²) < 4.78 is 0. The van der Waals surface area contributed by atoms with Gasteiger partial charge >= 0.3 is 5.97 Å². The summed E-state index contributed by atoms with van der Waals surface area (Å²) in [4.78, 5) is 14.6. The number of carbonyl (C=O) groups is 1. The largest absolute Gasteiger partial charge is 0.481 e. The highest BCUT2D eigenvalue weighted by atomic mass is 16.4. The van der Waals surface area contributed by atoms with E-state index in [0.29, 0.717) is 0 Å². The first-order chi connectivity index (χ1) is 8.13. The van der Waals surface area contributed by atoms with E-state index in [1.54, 1.807) is 0 Å². The fraction of sp³-hybridized carbons (Fsp3) is 0.357. The van der Waals surface area contributed by atoms with Gasteiger partial charge in [-0.3, -0.25) is 4.79 Å². The Balaban J connectivity index is 2.45. The minimum Gasteiger partial charge on any atom is -0.481 e. The van der Waals surface area contributed by atoms with E-state index in [1.165, 1.54) is 0 Å². The van der Waals surface area contributed by atoms with Crippen LogP contribution < -0.4 is 0 Å². The number of carboxylic acids is 1. The van der Waals surface area contributed by atoms with Crippen LogP contribution in [0, 0.1) is 5.92 Å². The van der Waals surface area contributed by atoms with E-state index in [-0.39, 0.29) is 5.92 Å². The molecule has 3 nitrogen and oxygen atoms in total. The van der Waals surface area contributed by atoms with Crippen molar-refractivity contribution >= 4 is 16.9 Å². The number of nitrogens with one attached hydrogen (secondary N) is 1. The average Bonchev–Trinajstić information content (AvgIpc) is 2.71. The molecule has 0 bridgehead atoms. The highest BCUT2D eigenvalue weighted by Crippen LogP contribution is 2.29. The summed E-state index contributed by atoms with van der Waals surface area (Å²) in [6.45, 7) is 3.99. The van der Waals surface area contributed by atoms with Crippen molar-refractivity contribution in [2.45, 2.75) is 26.2 Å². The molecule has 3 heteroatoms. The normalized spacial score (nSPS) is 14.7. The lowest BCUT2D eigenvalue weighted by Gasteiger charge is -2.17. The number of hydrogen-bond donors (Lipinski definition) is 2. The van der Waals surface area contributed by atoms with Crippen molar-refractivity contribution in [1.82, 2.24) is 4.98 Å². The van der Waals surface area contributed by atoms with Gasteiger partial charge < -0.3 is 10.1 Å². The molecule has 1 heterocycles.